The van der Waals surface area contributed by atoms with Crippen LogP contribution >= 0.6 is 0 Å². The zero-order chi connectivity index (χ0) is 19.0. The van der Waals surface area contributed by atoms with Crippen molar-refractivity contribution in [2.75, 3.05) is 20.4 Å². The van der Waals surface area contributed by atoms with Crippen LogP contribution in [0, 0.1) is 0 Å². The zero-order valence-corrected chi connectivity index (χ0v) is 15.1. The Labute approximate surface area is 152 Å². The van der Waals surface area contributed by atoms with E-state index >= 15 is 0 Å². The molecule has 0 aromatic heterocycles. The van der Waals surface area contributed by atoms with Crippen LogP contribution in [-0.4, -0.2) is 34.8 Å². The van der Waals surface area contributed by atoms with E-state index in [4.69, 9.17) is 14.6 Å². The number of para-hydroxylation sites is 2. The molecule has 4 N–H and O–H groups in total. The Morgan fingerprint density at radius 1 is 1.04 bits per heavy atom. The first-order valence-electron chi connectivity index (χ1n) is 7.79. The van der Waals surface area contributed by atoms with Gasteiger partial charge in [0.15, 0.2) is 18.2 Å². The summed E-state index contributed by atoms with van der Waals surface area (Å²) in [7, 11) is -2.15. The molecule has 140 valence electrons. The van der Waals surface area contributed by atoms with Crippen LogP contribution < -0.4 is 25.2 Å². The minimum atomic E-state index is -3.69. The Kier molecular flexibility index (Phi) is 6.81. The number of benzene rings is 2. The number of sulfonamides is 1. The fourth-order valence-corrected chi connectivity index (χ4v) is 2.66. The number of methoxy groups -OCH3 is 1. The third kappa shape index (κ3) is 5.94. The highest BCUT2D eigenvalue weighted by Crippen LogP contribution is 2.25. The number of carbonyl (C=O) groups excluding carboxylic acids is 1. The first-order valence-corrected chi connectivity index (χ1v) is 9.34. The lowest BCUT2D eigenvalue weighted by Crippen LogP contribution is -2.38. The van der Waals surface area contributed by atoms with Crippen LogP contribution in [0.2, 0.25) is 0 Å². The molecular formula is C17H21N3O5S. The summed E-state index contributed by atoms with van der Waals surface area (Å²) in [5.41, 5.74) is 0.878. The van der Waals surface area contributed by atoms with Gasteiger partial charge < -0.3 is 20.1 Å². The van der Waals surface area contributed by atoms with Gasteiger partial charge >= 0.3 is 6.03 Å². The number of primary sulfonamides is 1. The molecule has 2 rings (SSSR count). The molecule has 26 heavy (non-hydrogen) atoms. The van der Waals surface area contributed by atoms with Crippen molar-refractivity contribution >= 4 is 16.1 Å². The highest BCUT2D eigenvalue weighted by atomic mass is 32.2. The molecule has 2 aromatic rings. The molecule has 0 radical (unpaired) electrons. The number of carbonyl (C=O) groups is 1. The monoisotopic (exact) mass is 379 g/mol. The SMILES string of the molecule is COc1ccccc1OCNC(=O)NCCc1ccc(S(N)(=O)=O)cc1. The molecule has 2 aromatic carbocycles. The van der Waals surface area contributed by atoms with Gasteiger partial charge in [0.2, 0.25) is 10.0 Å². The fraction of sp³-hybridized carbons (Fsp3) is 0.235. The second kappa shape index (κ2) is 9.07. The summed E-state index contributed by atoms with van der Waals surface area (Å²) in [5.74, 6) is 1.11. The highest BCUT2D eigenvalue weighted by Gasteiger charge is 2.07. The quantitative estimate of drug-likeness (QED) is 0.596. The molecule has 0 aliphatic rings. The Morgan fingerprint density at radius 3 is 2.31 bits per heavy atom. The highest BCUT2D eigenvalue weighted by molar-refractivity contribution is 7.89. The number of hydrogen-bond donors (Lipinski definition) is 3. The van der Waals surface area contributed by atoms with Crippen LogP contribution in [0.3, 0.4) is 0 Å². The minimum Gasteiger partial charge on any atom is -0.493 e. The third-order valence-electron chi connectivity index (χ3n) is 3.48. The molecule has 0 heterocycles. The van der Waals surface area contributed by atoms with Gasteiger partial charge in [-0.3, -0.25) is 0 Å². The summed E-state index contributed by atoms with van der Waals surface area (Å²) in [6.07, 6.45) is 0.547. The predicted molar refractivity (Wildman–Crippen MR) is 96.5 cm³/mol. The lowest BCUT2D eigenvalue weighted by Gasteiger charge is -2.11. The lowest BCUT2D eigenvalue weighted by atomic mass is 10.1. The van der Waals surface area contributed by atoms with Crippen LogP contribution in [0.15, 0.2) is 53.4 Å². The van der Waals surface area contributed by atoms with Gasteiger partial charge in [-0.1, -0.05) is 24.3 Å². The van der Waals surface area contributed by atoms with E-state index in [1.165, 1.54) is 19.2 Å². The molecule has 0 fully saturated rings. The summed E-state index contributed by atoms with van der Waals surface area (Å²) in [6, 6.07) is 12.9. The van der Waals surface area contributed by atoms with Crippen LogP contribution in [0.4, 0.5) is 4.79 Å². The number of nitrogens with two attached hydrogens (primary N) is 1. The Balaban J connectivity index is 1.70. The largest absolute Gasteiger partial charge is 0.493 e. The molecule has 0 saturated carbocycles. The summed E-state index contributed by atoms with van der Waals surface area (Å²) < 4.78 is 33.0. The standard InChI is InChI=1S/C17H21N3O5S/c1-24-15-4-2-3-5-16(15)25-12-20-17(21)19-11-10-13-6-8-14(9-7-13)26(18,22)23/h2-9H,10-12H2,1H3,(H2,18,22,23)(H2,19,20,21). The molecule has 0 spiro atoms. The first kappa shape index (κ1) is 19.5. The number of hydrogen-bond acceptors (Lipinski definition) is 5. The fourth-order valence-electron chi connectivity index (χ4n) is 2.15. The average Bonchev–Trinajstić information content (AvgIpc) is 2.62. The molecule has 0 bridgehead atoms. The normalized spacial score (nSPS) is 10.8. The van der Waals surface area contributed by atoms with Gasteiger partial charge in [0.05, 0.1) is 12.0 Å². The number of nitrogens with one attached hydrogen (secondary N) is 2. The summed E-state index contributed by atoms with van der Waals surface area (Å²) in [5, 5.41) is 10.3. The third-order valence-corrected chi connectivity index (χ3v) is 4.41. The molecule has 0 saturated heterocycles. The van der Waals surface area contributed by atoms with Crippen molar-refractivity contribution in [1.82, 2.24) is 10.6 Å². The molecule has 8 nitrogen and oxygen atoms in total. The van der Waals surface area contributed by atoms with Crippen LogP contribution in [-0.2, 0) is 16.4 Å². The first-order chi connectivity index (χ1) is 12.4. The maximum Gasteiger partial charge on any atom is 0.317 e. The van der Waals surface area contributed by atoms with E-state index in [0.717, 1.165) is 5.56 Å². The van der Waals surface area contributed by atoms with E-state index in [2.05, 4.69) is 10.6 Å². The van der Waals surface area contributed by atoms with Crippen molar-refractivity contribution in [2.24, 2.45) is 5.14 Å². The number of amides is 2. The molecule has 2 amide bonds. The average molecular weight is 379 g/mol. The van der Waals surface area contributed by atoms with E-state index in [1.54, 1.807) is 30.3 Å². The minimum absolute atomic E-state index is 0.00470. The van der Waals surface area contributed by atoms with Gasteiger partial charge in [0.1, 0.15) is 0 Å². The molecule has 0 aliphatic heterocycles. The van der Waals surface area contributed by atoms with Crippen LogP contribution in [0.25, 0.3) is 0 Å². The van der Waals surface area contributed by atoms with Crippen molar-refractivity contribution in [3.05, 3.63) is 54.1 Å². The van der Waals surface area contributed by atoms with Crippen molar-refractivity contribution in [1.29, 1.82) is 0 Å². The second-order valence-electron chi connectivity index (χ2n) is 5.31. The second-order valence-corrected chi connectivity index (χ2v) is 6.87. The van der Waals surface area contributed by atoms with Crippen molar-refractivity contribution in [2.45, 2.75) is 11.3 Å². The predicted octanol–water partition coefficient (Wildman–Crippen LogP) is 1.22. The molecule has 0 atom stereocenters. The Morgan fingerprint density at radius 2 is 1.69 bits per heavy atom. The molecule has 0 unspecified atom stereocenters. The van der Waals surface area contributed by atoms with Gasteiger partial charge in [-0.15, -0.1) is 0 Å². The van der Waals surface area contributed by atoms with Crippen molar-refractivity contribution in [3.8, 4) is 11.5 Å². The smallest absolute Gasteiger partial charge is 0.317 e. The maximum atomic E-state index is 11.7. The summed E-state index contributed by atoms with van der Waals surface area (Å²) >= 11 is 0. The van der Waals surface area contributed by atoms with Gasteiger partial charge in [0.25, 0.3) is 0 Å². The van der Waals surface area contributed by atoms with Gasteiger partial charge in [-0.2, -0.15) is 0 Å². The van der Waals surface area contributed by atoms with E-state index < -0.39 is 10.0 Å². The summed E-state index contributed by atoms with van der Waals surface area (Å²) in [6.45, 7) is 0.379. The molecule has 0 aliphatic carbocycles. The van der Waals surface area contributed by atoms with Crippen molar-refractivity contribution in [3.63, 3.8) is 0 Å². The van der Waals surface area contributed by atoms with Gasteiger partial charge in [-0.25, -0.2) is 18.4 Å². The van der Waals surface area contributed by atoms with Crippen molar-refractivity contribution < 1.29 is 22.7 Å². The zero-order valence-electron chi connectivity index (χ0n) is 14.3. The molecular weight excluding hydrogens is 358 g/mol. The van der Waals surface area contributed by atoms with Crippen LogP contribution in [0.1, 0.15) is 5.56 Å². The molecule has 9 heteroatoms. The summed E-state index contributed by atoms with van der Waals surface area (Å²) in [4.78, 5) is 11.8. The number of ether oxygens (including phenoxy) is 2. The Bertz CT molecular complexity index is 838. The number of rotatable bonds is 8. The topological polar surface area (TPSA) is 120 Å². The van der Waals surface area contributed by atoms with Crippen LogP contribution in [0.5, 0.6) is 11.5 Å². The van der Waals surface area contributed by atoms with E-state index in [9.17, 15) is 13.2 Å². The number of urea groups is 1. The van der Waals surface area contributed by atoms with E-state index in [-0.39, 0.29) is 17.7 Å². The van der Waals surface area contributed by atoms with Gasteiger partial charge in [0, 0.05) is 6.54 Å². The lowest BCUT2D eigenvalue weighted by molar-refractivity contribution is 0.221. The van der Waals surface area contributed by atoms with E-state index in [0.29, 0.717) is 24.5 Å². The van der Waals surface area contributed by atoms with Gasteiger partial charge in [-0.05, 0) is 36.2 Å². The Hall–Kier alpha value is -2.78. The van der Waals surface area contributed by atoms with E-state index in [1.807, 2.05) is 6.07 Å². The maximum absolute atomic E-state index is 11.7.